The molecule has 146 valence electrons. The van der Waals surface area contributed by atoms with Crippen molar-refractivity contribution in [3.05, 3.63) is 71.7 Å². The average Bonchev–Trinajstić information content (AvgIpc) is 3.10. The van der Waals surface area contributed by atoms with Crippen LogP contribution in [-0.2, 0) is 17.8 Å². The van der Waals surface area contributed by atoms with Gasteiger partial charge in [-0.2, -0.15) is 0 Å². The van der Waals surface area contributed by atoms with Crippen LogP contribution in [0, 0.1) is 0 Å². The summed E-state index contributed by atoms with van der Waals surface area (Å²) in [6.45, 7) is 6.77. The predicted octanol–water partition coefficient (Wildman–Crippen LogP) is 2.87. The average molecular weight is 378 g/mol. The van der Waals surface area contributed by atoms with Gasteiger partial charge < -0.3 is 19.4 Å². The molecule has 1 saturated heterocycles. The van der Waals surface area contributed by atoms with Gasteiger partial charge in [0.25, 0.3) is 5.91 Å². The normalized spacial score (nSPS) is 19.9. The zero-order valence-corrected chi connectivity index (χ0v) is 16.3. The molecule has 0 radical (unpaired) electrons. The summed E-state index contributed by atoms with van der Waals surface area (Å²) in [4.78, 5) is 19.0. The molecule has 1 aliphatic heterocycles. The van der Waals surface area contributed by atoms with Gasteiger partial charge in [-0.25, -0.2) is 4.98 Å². The Kier molecular flexibility index (Phi) is 5.41. The summed E-state index contributed by atoms with van der Waals surface area (Å²) in [5, 5.41) is 3.45. The van der Waals surface area contributed by atoms with E-state index in [2.05, 4.69) is 14.7 Å². The molecule has 3 aromatic rings. The summed E-state index contributed by atoms with van der Waals surface area (Å²) in [5.74, 6) is 0.0761. The number of nitrogens with one attached hydrogen (secondary N) is 1. The van der Waals surface area contributed by atoms with Crippen LogP contribution in [0.5, 0.6) is 0 Å². The molecular formula is C22H26N4O2. The highest BCUT2D eigenvalue weighted by atomic mass is 16.5. The molecule has 3 heterocycles. The first-order valence-corrected chi connectivity index (χ1v) is 9.75. The summed E-state index contributed by atoms with van der Waals surface area (Å²) < 4.78 is 7.80. The van der Waals surface area contributed by atoms with Crippen molar-refractivity contribution in [2.24, 2.45) is 0 Å². The van der Waals surface area contributed by atoms with Gasteiger partial charge in [0, 0.05) is 37.9 Å². The quantitative estimate of drug-likeness (QED) is 0.742. The lowest BCUT2D eigenvalue weighted by Crippen LogP contribution is -2.48. The molecular weight excluding hydrogens is 352 g/mol. The fourth-order valence-corrected chi connectivity index (χ4v) is 3.74. The summed E-state index contributed by atoms with van der Waals surface area (Å²) in [6, 6.07) is 13.8. The third kappa shape index (κ3) is 4.08. The topological polar surface area (TPSA) is 58.9 Å². The molecule has 4 rings (SSSR count). The molecule has 1 amide bonds. The third-order valence-electron chi connectivity index (χ3n) is 5.04. The van der Waals surface area contributed by atoms with E-state index in [-0.39, 0.29) is 18.1 Å². The monoisotopic (exact) mass is 378 g/mol. The third-order valence-corrected chi connectivity index (χ3v) is 5.04. The van der Waals surface area contributed by atoms with Crippen molar-refractivity contribution in [2.45, 2.75) is 39.1 Å². The predicted molar refractivity (Wildman–Crippen MR) is 108 cm³/mol. The molecule has 0 aliphatic carbocycles. The molecule has 6 nitrogen and oxygen atoms in total. The minimum Gasteiger partial charge on any atom is -0.372 e. The van der Waals surface area contributed by atoms with Crippen LogP contribution in [0.3, 0.4) is 0 Å². The molecule has 6 heteroatoms. The minimum absolute atomic E-state index is 0.0761. The second kappa shape index (κ2) is 8.12. The van der Waals surface area contributed by atoms with Crippen LogP contribution in [0.15, 0.2) is 54.9 Å². The number of nitrogens with zero attached hydrogens (tertiary/aromatic N) is 3. The second-order valence-corrected chi connectivity index (χ2v) is 7.45. The zero-order chi connectivity index (χ0) is 19.5. The summed E-state index contributed by atoms with van der Waals surface area (Å²) in [7, 11) is 0. The van der Waals surface area contributed by atoms with Crippen molar-refractivity contribution in [3.63, 3.8) is 0 Å². The van der Waals surface area contributed by atoms with E-state index in [0.29, 0.717) is 13.1 Å². The Hall–Kier alpha value is -2.70. The van der Waals surface area contributed by atoms with Gasteiger partial charge in [-0.15, -0.1) is 0 Å². The Balaban J connectivity index is 1.34. The van der Waals surface area contributed by atoms with Gasteiger partial charge in [0.05, 0.1) is 24.1 Å². The Morgan fingerprint density at radius 2 is 1.86 bits per heavy atom. The zero-order valence-electron chi connectivity index (χ0n) is 16.3. The van der Waals surface area contributed by atoms with Gasteiger partial charge in [-0.1, -0.05) is 18.2 Å². The standard InChI is InChI=1S/C22H26N4O2/c1-16-14-25(15-17(2)28-16)22(27)19-8-6-18(7-9-19)11-23-12-20-13-24-21-5-3-4-10-26(20)21/h3-10,13,16-17,23H,11-12,14-15H2,1-2H3/t16-,17-/m0/s1. The van der Waals surface area contributed by atoms with Gasteiger partial charge >= 0.3 is 0 Å². The lowest BCUT2D eigenvalue weighted by atomic mass is 10.1. The number of benzene rings is 1. The first-order chi connectivity index (χ1) is 13.6. The number of fused-ring (bicyclic) bond motifs is 1. The SMILES string of the molecule is C[C@H]1CN(C(=O)c2ccc(CNCc3cnc4ccccn34)cc2)C[C@H](C)O1. The van der Waals surface area contributed by atoms with Crippen LogP contribution in [-0.4, -0.2) is 45.5 Å². The fourth-order valence-electron chi connectivity index (χ4n) is 3.74. The molecule has 2 aromatic heterocycles. The minimum atomic E-state index is 0.0761. The van der Waals surface area contributed by atoms with E-state index in [1.165, 1.54) is 0 Å². The van der Waals surface area contributed by atoms with Gasteiger partial charge in [0.1, 0.15) is 5.65 Å². The van der Waals surface area contributed by atoms with Crippen molar-refractivity contribution in [1.29, 1.82) is 0 Å². The Morgan fingerprint density at radius 3 is 2.61 bits per heavy atom. The first kappa shape index (κ1) is 18.7. The number of carbonyl (C=O) groups is 1. The number of ether oxygens (including phenoxy) is 1. The molecule has 2 atom stereocenters. The number of aromatic nitrogens is 2. The van der Waals surface area contributed by atoms with Crippen LogP contribution < -0.4 is 5.32 Å². The van der Waals surface area contributed by atoms with Crippen LogP contribution >= 0.6 is 0 Å². The molecule has 0 spiro atoms. The van der Waals surface area contributed by atoms with Gasteiger partial charge in [0.15, 0.2) is 0 Å². The van der Waals surface area contributed by atoms with E-state index in [1.807, 2.05) is 73.6 Å². The summed E-state index contributed by atoms with van der Waals surface area (Å²) in [5.41, 5.74) is 3.95. The molecule has 1 aliphatic rings. The maximum absolute atomic E-state index is 12.7. The molecule has 1 aromatic carbocycles. The van der Waals surface area contributed by atoms with Crippen molar-refractivity contribution in [3.8, 4) is 0 Å². The summed E-state index contributed by atoms with van der Waals surface area (Å²) in [6.07, 6.45) is 4.08. The highest BCUT2D eigenvalue weighted by Crippen LogP contribution is 2.15. The van der Waals surface area contributed by atoms with Gasteiger partial charge in [0.2, 0.25) is 0 Å². The van der Waals surface area contributed by atoms with E-state index in [4.69, 9.17) is 4.74 Å². The molecule has 0 bridgehead atoms. The maximum Gasteiger partial charge on any atom is 0.254 e. The van der Waals surface area contributed by atoms with Crippen molar-refractivity contribution in [1.82, 2.24) is 19.6 Å². The van der Waals surface area contributed by atoms with Crippen molar-refractivity contribution in [2.75, 3.05) is 13.1 Å². The molecule has 28 heavy (non-hydrogen) atoms. The number of pyridine rings is 1. The van der Waals surface area contributed by atoms with E-state index >= 15 is 0 Å². The number of morpholine rings is 1. The molecule has 1 N–H and O–H groups in total. The van der Waals surface area contributed by atoms with Crippen LogP contribution in [0.2, 0.25) is 0 Å². The number of rotatable bonds is 5. The molecule has 0 saturated carbocycles. The lowest BCUT2D eigenvalue weighted by Gasteiger charge is -2.35. The fraction of sp³-hybridized carbons (Fsp3) is 0.364. The number of carbonyl (C=O) groups excluding carboxylic acids is 1. The largest absolute Gasteiger partial charge is 0.372 e. The van der Waals surface area contributed by atoms with Gasteiger partial charge in [-0.3, -0.25) is 4.79 Å². The Bertz CT molecular complexity index is 941. The van der Waals surface area contributed by atoms with Crippen molar-refractivity contribution < 1.29 is 9.53 Å². The Labute approximate surface area is 165 Å². The smallest absolute Gasteiger partial charge is 0.254 e. The lowest BCUT2D eigenvalue weighted by molar-refractivity contribution is -0.0586. The van der Waals surface area contributed by atoms with Crippen LogP contribution in [0.25, 0.3) is 5.65 Å². The summed E-state index contributed by atoms with van der Waals surface area (Å²) >= 11 is 0. The maximum atomic E-state index is 12.7. The number of hydrogen-bond donors (Lipinski definition) is 1. The van der Waals surface area contributed by atoms with Crippen molar-refractivity contribution >= 4 is 11.6 Å². The molecule has 1 fully saturated rings. The van der Waals surface area contributed by atoms with E-state index in [0.717, 1.165) is 35.6 Å². The van der Waals surface area contributed by atoms with Gasteiger partial charge in [-0.05, 0) is 43.7 Å². The first-order valence-electron chi connectivity index (χ1n) is 9.75. The number of imidazole rings is 1. The van der Waals surface area contributed by atoms with Crippen LogP contribution in [0.1, 0.15) is 35.5 Å². The van der Waals surface area contributed by atoms with Crippen LogP contribution in [0.4, 0.5) is 0 Å². The molecule has 0 unspecified atom stereocenters. The highest BCUT2D eigenvalue weighted by Gasteiger charge is 2.26. The van der Waals surface area contributed by atoms with E-state index in [9.17, 15) is 4.79 Å². The Morgan fingerprint density at radius 1 is 1.11 bits per heavy atom. The number of hydrogen-bond acceptors (Lipinski definition) is 4. The second-order valence-electron chi connectivity index (χ2n) is 7.45. The van der Waals surface area contributed by atoms with E-state index < -0.39 is 0 Å². The highest BCUT2D eigenvalue weighted by molar-refractivity contribution is 5.94. The number of amides is 1. The van der Waals surface area contributed by atoms with E-state index in [1.54, 1.807) is 0 Å².